The van der Waals surface area contributed by atoms with E-state index in [0.717, 1.165) is 36.6 Å². The maximum atomic E-state index is 15.0. The molecular weight excluding hydrogens is 522 g/mol. The number of carbonyl (C=O) groups is 1. The van der Waals surface area contributed by atoms with Gasteiger partial charge in [0.1, 0.15) is 0 Å². The molecule has 4 aliphatic rings. The van der Waals surface area contributed by atoms with E-state index in [0.29, 0.717) is 23.0 Å². The predicted molar refractivity (Wildman–Crippen MR) is 170 cm³/mol. The van der Waals surface area contributed by atoms with Crippen LogP contribution in [0.25, 0.3) is 0 Å². The lowest BCUT2D eigenvalue weighted by Gasteiger charge is -2.32. The van der Waals surface area contributed by atoms with Gasteiger partial charge in [-0.3, -0.25) is 4.79 Å². The van der Waals surface area contributed by atoms with Gasteiger partial charge in [0.15, 0.2) is 5.78 Å². The van der Waals surface area contributed by atoms with Gasteiger partial charge in [-0.15, -0.1) is 0 Å². The minimum absolute atomic E-state index is 0.0101. The normalized spacial score (nSPS) is 25.0. The van der Waals surface area contributed by atoms with Crippen molar-refractivity contribution < 1.29 is 23.4 Å². The van der Waals surface area contributed by atoms with Gasteiger partial charge in [0.2, 0.25) is 0 Å². The van der Waals surface area contributed by atoms with Crippen LogP contribution in [0.1, 0.15) is 146 Å². The minimum atomic E-state index is -0.607. The summed E-state index contributed by atoms with van der Waals surface area (Å²) in [5.41, 5.74) is 3.51. The van der Waals surface area contributed by atoms with Crippen molar-refractivity contribution in [3.8, 4) is 0 Å². The van der Waals surface area contributed by atoms with Gasteiger partial charge in [0.25, 0.3) is 0 Å². The lowest BCUT2D eigenvalue weighted by atomic mass is 9.66. The van der Waals surface area contributed by atoms with Crippen molar-refractivity contribution in [1.29, 1.82) is 0 Å². The highest BCUT2D eigenvalue weighted by atomic mass is 16.7. The highest BCUT2D eigenvalue weighted by Crippen LogP contribution is 2.41. The van der Waals surface area contributed by atoms with E-state index in [1.807, 2.05) is 24.3 Å². The van der Waals surface area contributed by atoms with E-state index in [9.17, 15) is 4.79 Å². The third kappa shape index (κ3) is 5.02. The summed E-state index contributed by atoms with van der Waals surface area (Å²) < 4.78 is 26.6. The molecule has 2 aromatic carbocycles. The van der Waals surface area contributed by atoms with Crippen molar-refractivity contribution in [2.24, 2.45) is 0 Å². The molecule has 0 bridgehead atoms. The van der Waals surface area contributed by atoms with Crippen LogP contribution in [-0.4, -0.2) is 42.4 Å². The van der Waals surface area contributed by atoms with Crippen LogP contribution in [-0.2, 0) is 18.6 Å². The number of benzene rings is 2. The average molecular weight is 570 g/mol. The molecule has 0 radical (unpaired) electrons. The fourth-order valence-electron chi connectivity index (χ4n) is 7.34. The van der Waals surface area contributed by atoms with Crippen molar-refractivity contribution in [1.82, 2.24) is 0 Å². The van der Waals surface area contributed by atoms with Crippen LogP contribution in [0.4, 0.5) is 0 Å². The molecule has 0 N–H and O–H groups in total. The number of ketones is 1. The molecule has 2 aliphatic heterocycles. The molecule has 0 amide bonds. The Kier molecular flexibility index (Phi) is 7.61. The molecule has 5 nitrogen and oxygen atoms in total. The summed E-state index contributed by atoms with van der Waals surface area (Å²) in [4.78, 5) is 15.0. The summed E-state index contributed by atoms with van der Waals surface area (Å²) in [5, 5.41) is 0. The summed E-state index contributed by atoms with van der Waals surface area (Å²) in [7, 11) is -1.21. The van der Waals surface area contributed by atoms with Gasteiger partial charge in [-0.25, -0.2) is 0 Å². The van der Waals surface area contributed by atoms with Gasteiger partial charge in [-0.05, 0) is 115 Å². The Morgan fingerprint density at radius 3 is 1.19 bits per heavy atom. The molecule has 7 heteroatoms. The lowest BCUT2D eigenvalue weighted by Crippen LogP contribution is -2.44. The highest BCUT2D eigenvalue weighted by molar-refractivity contribution is 6.66. The van der Waals surface area contributed by atoms with E-state index in [4.69, 9.17) is 18.6 Å². The van der Waals surface area contributed by atoms with Crippen LogP contribution in [0.15, 0.2) is 36.4 Å². The number of hydrogen-bond donors (Lipinski definition) is 0. The first-order valence-electron chi connectivity index (χ1n) is 16.2. The molecule has 0 unspecified atom stereocenters. The molecule has 2 aromatic rings. The van der Waals surface area contributed by atoms with Gasteiger partial charge < -0.3 is 18.6 Å². The van der Waals surface area contributed by atoms with Gasteiger partial charge >= 0.3 is 14.2 Å². The zero-order chi connectivity index (χ0) is 30.1. The molecule has 2 saturated heterocycles. The first-order chi connectivity index (χ1) is 19.7. The SMILES string of the molecule is CC1(C)OB(c2c(C(=O)c3cccc(C4CCCC4)c3B3OC(C)(C)C(C)(C)O3)cccc2C2CCCC2)OC1(C)C. The van der Waals surface area contributed by atoms with E-state index in [-0.39, 0.29) is 5.78 Å². The van der Waals surface area contributed by atoms with E-state index >= 15 is 0 Å². The molecule has 6 rings (SSSR count). The molecule has 2 heterocycles. The number of rotatable bonds is 6. The fourth-order valence-corrected chi connectivity index (χ4v) is 7.34. The number of carbonyl (C=O) groups excluding carboxylic acids is 1. The summed E-state index contributed by atoms with van der Waals surface area (Å²) in [6.07, 6.45) is 9.34. The van der Waals surface area contributed by atoms with Crippen molar-refractivity contribution in [2.75, 3.05) is 0 Å². The molecule has 42 heavy (non-hydrogen) atoms. The van der Waals surface area contributed by atoms with E-state index in [1.54, 1.807) is 0 Å². The van der Waals surface area contributed by atoms with Gasteiger partial charge in [0.05, 0.1) is 22.4 Å². The highest BCUT2D eigenvalue weighted by Gasteiger charge is 2.55. The zero-order valence-electron chi connectivity index (χ0n) is 27.0. The molecule has 0 aromatic heterocycles. The van der Waals surface area contributed by atoms with Crippen LogP contribution in [0.5, 0.6) is 0 Å². The molecule has 2 saturated carbocycles. The van der Waals surface area contributed by atoms with Crippen molar-refractivity contribution in [3.05, 3.63) is 58.7 Å². The Morgan fingerprint density at radius 1 is 0.571 bits per heavy atom. The smallest absolute Gasteiger partial charge is 0.399 e. The van der Waals surface area contributed by atoms with Crippen molar-refractivity contribution >= 4 is 30.9 Å². The summed E-state index contributed by atoms with van der Waals surface area (Å²) in [6.45, 7) is 16.6. The quantitative estimate of drug-likeness (QED) is 0.282. The second kappa shape index (κ2) is 10.6. The Bertz CT molecular complexity index is 1220. The fraction of sp³-hybridized carbons (Fsp3) is 0.629. The van der Waals surface area contributed by atoms with Crippen LogP contribution in [0.2, 0.25) is 0 Å². The average Bonchev–Trinajstić information content (AvgIpc) is 3.71. The predicted octanol–water partition coefficient (Wildman–Crippen LogP) is 6.83. The maximum absolute atomic E-state index is 15.0. The summed E-state index contributed by atoms with van der Waals surface area (Å²) >= 11 is 0. The first kappa shape index (κ1) is 30.1. The monoisotopic (exact) mass is 570 g/mol. The molecule has 4 fully saturated rings. The van der Waals surface area contributed by atoms with Gasteiger partial charge in [-0.2, -0.15) is 0 Å². The zero-order valence-corrected chi connectivity index (χ0v) is 27.0. The summed E-state index contributed by atoms with van der Waals surface area (Å²) in [5.74, 6) is 0.794. The second-order valence-electron chi connectivity index (χ2n) is 15.1. The molecule has 0 atom stereocenters. The third-order valence-corrected chi connectivity index (χ3v) is 11.3. The van der Waals surface area contributed by atoms with Crippen LogP contribution < -0.4 is 10.9 Å². The Hall–Kier alpha value is -1.92. The first-order valence-corrected chi connectivity index (χ1v) is 16.2. The standard InChI is InChI=1S/C35H48B2O5/c1-32(2)33(3,4)40-36(39-32)29-25(23-15-9-10-16-23)19-13-21-27(29)31(38)28-22-14-20-26(24-17-11-12-18-24)30(28)37-41-34(5,6)35(7,8)42-37/h13-14,19-24H,9-12,15-18H2,1-8H3. The van der Waals surface area contributed by atoms with E-state index < -0.39 is 36.6 Å². The van der Waals surface area contributed by atoms with Crippen molar-refractivity contribution in [2.45, 2.75) is 141 Å². The van der Waals surface area contributed by atoms with Crippen LogP contribution in [0, 0.1) is 0 Å². The lowest BCUT2D eigenvalue weighted by molar-refractivity contribution is 0.00578. The van der Waals surface area contributed by atoms with Crippen molar-refractivity contribution in [3.63, 3.8) is 0 Å². The minimum Gasteiger partial charge on any atom is -0.399 e. The van der Waals surface area contributed by atoms with Crippen LogP contribution in [0.3, 0.4) is 0 Å². The second-order valence-corrected chi connectivity index (χ2v) is 15.1. The van der Waals surface area contributed by atoms with Gasteiger partial charge in [-0.1, -0.05) is 62.1 Å². The molecular formula is C35H48B2O5. The molecule has 2 aliphatic carbocycles. The largest absolute Gasteiger partial charge is 0.495 e. The Morgan fingerprint density at radius 2 is 0.881 bits per heavy atom. The summed E-state index contributed by atoms with van der Waals surface area (Å²) in [6, 6.07) is 12.4. The third-order valence-electron chi connectivity index (χ3n) is 11.3. The van der Waals surface area contributed by atoms with Crippen LogP contribution >= 0.6 is 0 Å². The van der Waals surface area contributed by atoms with E-state index in [1.165, 1.54) is 36.8 Å². The van der Waals surface area contributed by atoms with E-state index in [2.05, 4.69) is 67.5 Å². The number of hydrogen-bond acceptors (Lipinski definition) is 5. The molecule has 224 valence electrons. The Labute approximate surface area is 253 Å². The topological polar surface area (TPSA) is 54.0 Å². The Balaban J connectivity index is 1.50. The maximum Gasteiger partial charge on any atom is 0.495 e. The molecule has 0 spiro atoms. The van der Waals surface area contributed by atoms with Gasteiger partial charge in [0, 0.05) is 11.1 Å².